The number of nitrogens with one attached hydrogen (secondary N) is 2. The molecule has 0 aromatic heterocycles. The van der Waals surface area contributed by atoms with Gasteiger partial charge in [-0.1, -0.05) is 18.9 Å². The summed E-state index contributed by atoms with van der Waals surface area (Å²) in [4.78, 5) is 36.4. The van der Waals surface area contributed by atoms with Crippen LogP contribution in [0.1, 0.15) is 48.9 Å². The highest BCUT2D eigenvalue weighted by molar-refractivity contribution is 7.92. The summed E-state index contributed by atoms with van der Waals surface area (Å²) in [7, 11) is -2.32. The van der Waals surface area contributed by atoms with Gasteiger partial charge in [0.05, 0.1) is 17.9 Å². The molecular weight excluding hydrogens is 567 g/mol. The maximum atomic E-state index is 13.0. The number of anilines is 1. The first-order chi connectivity index (χ1) is 19.3. The molecule has 1 unspecified atom stereocenters. The number of carboxylic acid groups (broad SMARTS) is 1. The number of sulfonamides is 1. The molecule has 2 aromatic rings. The first kappa shape index (κ1) is 31.7. The standard InChI is InChI=1S/C25H31N3O5S.C2HF3O2/c1-33-22-9-4-10-23(16-22)34(31,32)27-21-13-11-18(12-14-21)25(30)28-15-5-6-19(17-28)24(29)26-20-7-2-3-8-20;3-2(4,5)1(6)7/h4,9-14,16,19-20,27H,2-3,5-8,15,17H2,1H3,(H,26,29);(H,6,7). The van der Waals surface area contributed by atoms with Gasteiger partial charge in [-0.25, -0.2) is 13.2 Å². The average molecular weight is 600 g/mol. The number of likely N-dealkylation sites (tertiary alicyclic amines) is 1. The fourth-order valence-electron chi connectivity index (χ4n) is 4.61. The molecule has 1 aliphatic carbocycles. The van der Waals surface area contributed by atoms with Crippen LogP contribution in [0.3, 0.4) is 0 Å². The second kappa shape index (κ2) is 13.7. The maximum absolute atomic E-state index is 13.0. The number of alkyl halides is 3. The lowest BCUT2D eigenvalue weighted by atomic mass is 9.96. The number of nitrogens with zero attached hydrogens (tertiary/aromatic N) is 1. The Balaban J connectivity index is 0.000000587. The molecule has 2 aliphatic rings. The van der Waals surface area contributed by atoms with Gasteiger partial charge < -0.3 is 20.1 Å². The van der Waals surface area contributed by atoms with Crippen molar-refractivity contribution in [1.29, 1.82) is 0 Å². The van der Waals surface area contributed by atoms with Crippen LogP contribution in [0.2, 0.25) is 0 Å². The van der Waals surface area contributed by atoms with Gasteiger partial charge in [-0.05, 0) is 62.1 Å². The minimum Gasteiger partial charge on any atom is -0.497 e. The number of halogens is 3. The van der Waals surface area contributed by atoms with Crippen molar-refractivity contribution in [2.24, 2.45) is 5.92 Å². The highest BCUT2D eigenvalue weighted by Gasteiger charge is 2.38. The largest absolute Gasteiger partial charge is 0.497 e. The van der Waals surface area contributed by atoms with Crippen molar-refractivity contribution in [1.82, 2.24) is 10.2 Å². The third-order valence-corrected chi connectivity index (χ3v) is 8.14. The molecule has 1 saturated carbocycles. The van der Waals surface area contributed by atoms with Gasteiger partial charge in [0.15, 0.2) is 0 Å². The molecule has 2 amide bonds. The van der Waals surface area contributed by atoms with Crippen molar-refractivity contribution in [2.75, 3.05) is 24.9 Å². The number of carbonyl (C=O) groups is 3. The van der Waals surface area contributed by atoms with E-state index >= 15 is 0 Å². The van der Waals surface area contributed by atoms with Gasteiger partial charge >= 0.3 is 12.1 Å². The number of benzene rings is 2. The van der Waals surface area contributed by atoms with Crippen molar-refractivity contribution in [3.63, 3.8) is 0 Å². The summed E-state index contributed by atoms with van der Waals surface area (Å²) in [6.07, 6.45) is 0.877. The van der Waals surface area contributed by atoms with E-state index in [1.165, 1.54) is 19.2 Å². The Hall–Kier alpha value is -3.81. The zero-order valence-corrected chi connectivity index (χ0v) is 23.1. The second-order valence-corrected chi connectivity index (χ2v) is 11.4. The molecule has 14 heteroatoms. The quantitative estimate of drug-likeness (QED) is 0.436. The summed E-state index contributed by atoms with van der Waals surface area (Å²) in [6, 6.07) is 12.8. The number of amides is 2. The number of ether oxygens (including phenoxy) is 1. The number of piperidine rings is 1. The van der Waals surface area contributed by atoms with E-state index in [1.807, 2.05) is 0 Å². The molecule has 0 bridgehead atoms. The summed E-state index contributed by atoms with van der Waals surface area (Å²) in [5.41, 5.74) is 0.813. The third-order valence-electron chi connectivity index (χ3n) is 6.76. The Morgan fingerprint density at radius 3 is 2.22 bits per heavy atom. The zero-order chi connectivity index (χ0) is 30.2. The van der Waals surface area contributed by atoms with Crippen LogP contribution < -0.4 is 14.8 Å². The average Bonchev–Trinajstić information content (AvgIpc) is 3.46. The topological polar surface area (TPSA) is 142 Å². The Morgan fingerprint density at radius 2 is 1.63 bits per heavy atom. The molecule has 224 valence electrons. The van der Waals surface area contributed by atoms with Crippen LogP contribution in [-0.2, 0) is 19.6 Å². The monoisotopic (exact) mass is 599 g/mol. The van der Waals surface area contributed by atoms with E-state index in [0.29, 0.717) is 30.1 Å². The van der Waals surface area contributed by atoms with Crippen LogP contribution in [0.5, 0.6) is 5.75 Å². The number of hydrogen-bond donors (Lipinski definition) is 3. The van der Waals surface area contributed by atoms with Gasteiger partial charge in [0.1, 0.15) is 5.75 Å². The first-order valence-corrected chi connectivity index (χ1v) is 14.4. The third kappa shape index (κ3) is 9.10. The van der Waals surface area contributed by atoms with Crippen LogP contribution >= 0.6 is 0 Å². The fraction of sp³-hybridized carbons (Fsp3) is 0.444. The fourth-order valence-corrected chi connectivity index (χ4v) is 5.70. The Morgan fingerprint density at radius 1 is 1.00 bits per heavy atom. The Labute approximate surface area is 235 Å². The molecule has 1 aliphatic heterocycles. The van der Waals surface area contributed by atoms with Gasteiger partial charge in [0.25, 0.3) is 15.9 Å². The molecular formula is C27H32F3N3O7S. The number of methoxy groups -OCH3 is 1. The van der Waals surface area contributed by atoms with E-state index in [9.17, 15) is 31.2 Å². The van der Waals surface area contributed by atoms with E-state index in [-0.39, 0.29) is 28.7 Å². The van der Waals surface area contributed by atoms with Crippen molar-refractivity contribution in [3.05, 3.63) is 54.1 Å². The summed E-state index contributed by atoms with van der Waals surface area (Å²) >= 11 is 0. The predicted octanol–water partition coefficient (Wildman–Crippen LogP) is 4.04. The molecule has 2 fully saturated rings. The van der Waals surface area contributed by atoms with Crippen molar-refractivity contribution in [2.45, 2.75) is 55.6 Å². The molecule has 1 atom stereocenters. The maximum Gasteiger partial charge on any atom is 0.490 e. The second-order valence-electron chi connectivity index (χ2n) is 9.75. The van der Waals surface area contributed by atoms with Crippen LogP contribution in [0, 0.1) is 5.92 Å². The van der Waals surface area contributed by atoms with Crippen LogP contribution in [0.15, 0.2) is 53.4 Å². The lowest BCUT2D eigenvalue weighted by molar-refractivity contribution is -0.192. The highest BCUT2D eigenvalue weighted by Crippen LogP contribution is 2.24. The summed E-state index contributed by atoms with van der Waals surface area (Å²) in [5.74, 6) is -2.60. The Kier molecular flexibility index (Phi) is 10.6. The number of hydrogen-bond acceptors (Lipinski definition) is 6. The molecule has 0 spiro atoms. The van der Waals surface area contributed by atoms with Crippen molar-refractivity contribution < 1.29 is 45.8 Å². The molecule has 3 N–H and O–H groups in total. The number of rotatable bonds is 7. The van der Waals surface area contributed by atoms with E-state index in [2.05, 4.69) is 10.0 Å². The van der Waals surface area contributed by atoms with E-state index < -0.39 is 22.2 Å². The smallest absolute Gasteiger partial charge is 0.490 e. The summed E-state index contributed by atoms with van der Waals surface area (Å²) in [5, 5.41) is 10.3. The molecule has 0 radical (unpaired) electrons. The SMILES string of the molecule is COc1cccc(S(=O)(=O)Nc2ccc(C(=O)N3CCCC(C(=O)NC4CCCC4)C3)cc2)c1.O=C(O)C(F)(F)F. The lowest BCUT2D eigenvalue weighted by Gasteiger charge is -2.32. The number of aliphatic carboxylic acids is 1. The first-order valence-electron chi connectivity index (χ1n) is 13.0. The molecule has 10 nitrogen and oxygen atoms in total. The number of carboxylic acids is 1. The van der Waals surface area contributed by atoms with Crippen molar-refractivity contribution in [3.8, 4) is 5.75 Å². The minimum absolute atomic E-state index is 0.0479. The van der Waals surface area contributed by atoms with E-state index in [0.717, 1.165) is 38.5 Å². The van der Waals surface area contributed by atoms with Crippen LogP contribution in [-0.4, -0.2) is 68.6 Å². The summed E-state index contributed by atoms with van der Waals surface area (Å²) in [6.45, 7) is 1.01. The zero-order valence-electron chi connectivity index (χ0n) is 22.3. The van der Waals surface area contributed by atoms with Crippen molar-refractivity contribution >= 4 is 33.5 Å². The Bertz CT molecular complexity index is 1330. The van der Waals surface area contributed by atoms with E-state index in [4.69, 9.17) is 14.6 Å². The van der Waals surface area contributed by atoms with Crippen LogP contribution in [0.4, 0.5) is 18.9 Å². The van der Waals surface area contributed by atoms with Gasteiger partial charge in [0, 0.05) is 36.4 Å². The molecule has 1 saturated heterocycles. The summed E-state index contributed by atoms with van der Waals surface area (Å²) < 4.78 is 64.7. The molecule has 41 heavy (non-hydrogen) atoms. The highest BCUT2D eigenvalue weighted by atomic mass is 32.2. The predicted molar refractivity (Wildman–Crippen MR) is 143 cm³/mol. The minimum atomic E-state index is -5.08. The number of carbonyl (C=O) groups excluding carboxylic acids is 2. The van der Waals surface area contributed by atoms with Gasteiger partial charge in [0.2, 0.25) is 5.91 Å². The van der Waals surface area contributed by atoms with E-state index in [1.54, 1.807) is 41.3 Å². The molecule has 4 rings (SSSR count). The van der Waals surface area contributed by atoms with Crippen LogP contribution in [0.25, 0.3) is 0 Å². The normalized spacial score (nSPS) is 17.7. The van der Waals surface area contributed by atoms with Gasteiger partial charge in [-0.15, -0.1) is 0 Å². The molecule has 1 heterocycles. The lowest BCUT2D eigenvalue weighted by Crippen LogP contribution is -2.47. The van der Waals surface area contributed by atoms with Gasteiger partial charge in [-0.2, -0.15) is 13.2 Å². The molecule has 2 aromatic carbocycles. The van der Waals surface area contributed by atoms with Gasteiger partial charge in [-0.3, -0.25) is 14.3 Å².